The number of halogens is 5. The summed E-state index contributed by atoms with van der Waals surface area (Å²) in [7, 11) is 1.61. The lowest BCUT2D eigenvalue weighted by molar-refractivity contribution is -0.137. The van der Waals surface area contributed by atoms with Crippen LogP contribution in [0.5, 0.6) is 0 Å². The van der Waals surface area contributed by atoms with E-state index in [2.05, 4.69) is 4.98 Å². The molecule has 2 fully saturated rings. The van der Waals surface area contributed by atoms with Gasteiger partial charge in [0.2, 0.25) is 0 Å². The molecule has 2 aliphatic heterocycles. The summed E-state index contributed by atoms with van der Waals surface area (Å²) in [5.74, 6) is -0.764. The van der Waals surface area contributed by atoms with E-state index in [0.717, 1.165) is 50.0 Å². The van der Waals surface area contributed by atoms with Gasteiger partial charge in [-0.15, -0.1) is 0 Å². The number of likely N-dealkylation sites (N-methyl/N-ethyl adjacent to an activating group) is 1. The van der Waals surface area contributed by atoms with E-state index in [0.29, 0.717) is 35.8 Å². The molecule has 194 valence electrons. The third-order valence-corrected chi connectivity index (χ3v) is 7.71. The lowest BCUT2D eigenvalue weighted by atomic mass is 9.85. The number of piperidine rings is 2. The fraction of sp³-hybridized carbons (Fsp3) is 0.480. The molecule has 0 saturated carbocycles. The number of urea groups is 1. The van der Waals surface area contributed by atoms with Crippen molar-refractivity contribution >= 4 is 35.1 Å². The summed E-state index contributed by atoms with van der Waals surface area (Å²) in [6.45, 7) is 2.29. The molecule has 0 spiro atoms. The number of carbonyl (C=O) groups is 2. The second kappa shape index (κ2) is 10.8. The van der Waals surface area contributed by atoms with Crippen molar-refractivity contribution in [3.05, 3.63) is 63.4 Å². The minimum absolute atomic E-state index is 0.0170. The highest BCUT2D eigenvalue weighted by molar-refractivity contribution is 6.42. The molecule has 2 aliphatic rings. The van der Waals surface area contributed by atoms with Crippen LogP contribution < -0.4 is 0 Å². The highest BCUT2D eigenvalue weighted by atomic mass is 35.5. The summed E-state index contributed by atoms with van der Waals surface area (Å²) in [5, 5.41) is 0.762. The predicted molar refractivity (Wildman–Crippen MR) is 131 cm³/mol. The monoisotopic (exact) mass is 542 g/mol. The van der Waals surface area contributed by atoms with E-state index < -0.39 is 17.6 Å². The number of nitrogens with zero attached hydrogens (tertiary/aromatic N) is 4. The number of likely N-dealkylation sites (tertiary alicyclic amines) is 2. The van der Waals surface area contributed by atoms with Crippen LogP contribution in [0.4, 0.5) is 18.0 Å². The maximum Gasteiger partial charge on any atom is 0.417 e. The van der Waals surface area contributed by atoms with Gasteiger partial charge in [-0.05, 0) is 55.5 Å². The minimum atomic E-state index is -4.53. The van der Waals surface area contributed by atoms with Crippen molar-refractivity contribution in [2.24, 2.45) is 0 Å². The van der Waals surface area contributed by atoms with E-state index in [1.54, 1.807) is 19.2 Å². The highest BCUT2D eigenvalue weighted by Gasteiger charge is 2.38. The normalized spacial score (nSPS) is 20.8. The first-order valence-electron chi connectivity index (χ1n) is 11.9. The Balaban J connectivity index is 1.58. The van der Waals surface area contributed by atoms with Gasteiger partial charge in [0.15, 0.2) is 0 Å². The molecule has 0 radical (unpaired) electrons. The summed E-state index contributed by atoms with van der Waals surface area (Å²) in [6, 6.07) is 6.84. The summed E-state index contributed by atoms with van der Waals surface area (Å²) < 4.78 is 38.7. The Morgan fingerprint density at radius 1 is 1.00 bits per heavy atom. The molecule has 3 heterocycles. The molecule has 2 atom stereocenters. The zero-order valence-corrected chi connectivity index (χ0v) is 21.3. The van der Waals surface area contributed by atoms with Crippen molar-refractivity contribution < 1.29 is 22.8 Å². The van der Waals surface area contributed by atoms with Crippen molar-refractivity contribution in [3.8, 4) is 0 Å². The van der Waals surface area contributed by atoms with Gasteiger partial charge in [0, 0.05) is 51.4 Å². The summed E-state index contributed by atoms with van der Waals surface area (Å²) in [6.07, 6.45) is -0.299. The second-order valence-electron chi connectivity index (χ2n) is 9.26. The van der Waals surface area contributed by atoms with Crippen molar-refractivity contribution in [2.75, 3.05) is 33.2 Å². The number of amides is 3. The van der Waals surface area contributed by atoms with Gasteiger partial charge in [0.25, 0.3) is 5.91 Å². The molecule has 0 bridgehead atoms. The molecule has 4 rings (SSSR count). The van der Waals surface area contributed by atoms with Crippen molar-refractivity contribution in [1.29, 1.82) is 0 Å². The Morgan fingerprint density at radius 2 is 1.72 bits per heavy atom. The topological polar surface area (TPSA) is 56.8 Å². The van der Waals surface area contributed by atoms with E-state index >= 15 is 0 Å². The molecule has 11 heteroatoms. The lowest BCUT2D eigenvalue weighted by Gasteiger charge is -2.44. The summed E-state index contributed by atoms with van der Waals surface area (Å²) in [5.41, 5.74) is -0.171. The van der Waals surface area contributed by atoms with E-state index in [-0.39, 0.29) is 23.7 Å². The minimum Gasteiger partial charge on any atom is -0.337 e. The number of benzene rings is 1. The SMILES string of the molecule is CN(C(=O)c1ccc(C(F)(F)F)cn1)[C@@H]1CCN(C(=O)N2CCCCC2)C[C@H]1c1ccc(Cl)c(Cl)c1. The van der Waals surface area contributed by atoms with Gasteiger partial charge in [-0.1, -0.05) is 29.3 Å². The maximum absolute atomic E-state index is 13.2. The molecule has 2 aromatic rings. The first kappa shape index (κ1) is 26.5. The average molecular weight is 543 g/mol. The van der Waals surface area contributed by atoms with Crippen LogP contribution in [0.15, 0.2) is 36.5 Å². The molecule has 3 amide bonds. The van der Waals surface area contributed by atoms with Crippen LogP contribution >= 0.6 is 23.2 Å². The zero-order chi connectivity index (χ0) is 26.0. The van der Waals surface area contributed by atoms with Gasteiger partial charge in [0.1, 0.15) is 5.69 Å². The molecule has 1 aromatic carbocycles. The fourth-order valence-corrected chi connectivity index (χ4v) is 5.26. The Kier molecular flexibility index (Phi) is 7.99. The van der Waals surface area contributed by atoms with Crippen LogP contribution in [0, 0.1) is 0 Å². The van der Waals surface area contributed by atoms with Gasteiger partial charge in [0.05, 0.1) is 15.6 Å². The molecular weight excluding hydrogens is 516 g/mol. The number of hydrogen-bond acceptors (Lipinski definition) is 3. The second-order valence-corrected chi connectivity index (χ2v) is 10.1. The fourth-order valence-electron chi connectivity index (χ4n) is 4.95. The van der Waals surface area contributed by atoms with Crippen LogP contribution in [-0.4, -0.2) is 70.9 Å². The van der Waals surface area contributed by atoms with Gasteiger partial charge in [-0.2, -0.15) is 13.2 Å². The Hall–Kier alpha value is -2.52. The Labute approximate surface area is 218 Å². The summed E-state index contributed by atoms with van der Waals surface area (Å²) in [4.78, 5) is 35.4. The van der Waals surface area contributed by atoms with Gasteiger partial charge in [-0.3, -0.25) is 9.78 Å². The largest absolute Gasteiger partial charge is 0.417 e. The molecule has 36 heavy (non-hydrogen) atoms. The number of aromatic nitrogens is 1. The van der Waals surface area contributed by atoms with E-state index in [1.165, 1.54) is 4.90 Å². The highest BCUT2D eigenvalue weighted by Crippen LogP contribution is 2.35. The predicted octanol–water partition coefficient (Wildman–Crippen LogP) is 5.94. The molecule has 1 aromatic heterocycles. The Morgan fingerprint density at radius 3 is 2.33 bits per heavy atom. The van der Waals surface area contributed by atoms with E-state index in [4.69, 9.17) is 23.2 Å². The molecule has 0 aliphatic carbocycles. The zero-order valence-electron chi connectivity index (χ0n) is 19.8. The number of rotatable bonds is 3. The first-order valence-corrected chi connectivity index (χ1v) is 12.6. The molecule has 6 nitrogen and oxygen atoms in total. The van der Waals surface area contributed by atoms with Gasteiger partial charge < -0.3 is 14.7 Å². The van der Waals surface area contributed by atoms with Crippen LogP contribution in [0.1, 0.15) is 53.2 Å². The molecule has 0 N–H and O–H groups in total. The third kappa shape index (κ3) is 5.72. The van der Waals surface area contributed by atoms with Crippen LogP contribution in [0.2, 0.25) is 10.0 Å². The average Bonchev–Trinajstić information content (AvgIpc) is 2.88. The van der Waals surface area contributed by atoms with Crippen LogP contribution in [0.3, 0.4) is 0 Å². The van der Waals surface area contributed by atoms with Crippen molar-refractivity contribution in [1.82, 2.24) is 19.7 Å². The van der Waals surface area contributed by atoms with Gasteiger partial charge >= 0.3 is 12.2 Å². The number of alkyl halides is 3. The van der Waals surface area contributed by atoms with E-state index in [1.807, 2.05) is 15.9 Å². The summed E-state index contributed by atoms with van der Waals surface area (Å²) >= 11 is 12.4. The molecular formula is C25H27Cl2F3N4O2. The number of hydrogen-bond donors (Lipinski definition) is 0. The lowest BCUT2D eigenvalue weighted by Crippen LogP contribution is -2.55. The Bertz CT molecular complexity index is 1110. The van der Waals surface area contributed by atoms with Crippen LogP contribution in [0.25, 0.3) is 0 Å². The van der Waals surface area contributed by atoms with Gasteiger partial charge in [-0.25, -0.2) is 4.79 Å². The molecule has 2 saturated heterocycles. The molecule has 0 unspecified atom stereocenters. The number of pyridine rings is 1. The van der Waals surface area contributed by atoms with E-state index in [9.17, 15) is 22.8 Å². The van der Waals surface area contributed by atoms with Crippen molar-refractivity contribution in [3.63, 3.8) is 0 Å². The number of carbonyl (C=O) groups excluding carboxylic acids is 2. The quantitative estimate of drug-likeness (QED) is 0.482. The first-order chi connectivity index (χ1) is 17.1. The standard InChI is InChI=1S/C25H27Cl2F3N4O2/c1-32(23(35)21-8-6-17(14-31-21)25(28,29)30)22-9-12-34(24(36)33-10-3-2-4-11-33)15-18(22)16-5-7-19(26)20(27)13-16/h5-8,13-14,18,22H,2-4,9-12,15H2,1H3/t18-,22+/m0/s1. The van der Waals surface area contributed by atoms with Crippen LogP contribution in [-0.2, 0) is 6.18 Å². The third-order valence-electron chi connectivity index (χ3n) is 6.97. The maximum atomic E-state index is 13.2. The smallest absolute Gasteiger partial charge is 0.337 e. The van der Waals surface area contributed by atoms with Crippen molar-refractivity contribution in [2.45, 2.75) is 43.8 Å².